The molecule has 0 saturated carbocycles. The molecule has 0 atom stereocenters. The molecule has 0 amide bonds. The number of nitrogen functional groups attached to an aromatic ring is 1. The first-order chi connectivity index (χ1) is 6.45. The van der Waals surface area contributed by atoms with Gasteiger partial charge in [0.05, 0.1) is 16.3 Å². The van der Waals surface area contributed by atoms with Gasteiger partial charge < -0.3 is 10.8 Å². The monoisotopic (exact) mass is 222 g/mol. The number of aromatic nitrogens is 1. The second-order valence-corrected chi connectivity index (χ2v) is 2.77. The Bertz CT molecular complexity index is 384. The van der Waals surface area contributed by atoms with E-state index in [2.05, 4.69) is 4.98 Å². The molecule has 0 unspecified atom stereocenters. The quantitative estimate of drug-likeness (QED) is 0.802. The molecule has 0 fully saturated rings. The Balaban J connectivity index is 3.33. The number of alkyl halides is 2. The summed E-state index contributed by atoms with van der Waals surface area (Å²) in [7, 11) is 0. The van der Waals surface area contributed by atoms with Crippen LogP contribution in [0.5, 0.6) is 0 Å². The van der Waals surface area contributed by atoms with Gasteiger partial charge in [0.1, 0.15) is 0 Å². The van der Waals surface area contributed by atoms with Crippen molar-refractivity contribution >= 4 is 23.3 Å². The summed E-state index contributed by atoms with van der Waals surface area (Å²) in [5, 5.41) is 8.07. The normalized spacial score (nSPS) is 10.6. The van der Waals surface area contributed by atoms with Gasteiger partial charge in [-0.1, -0.05) is 11.6 Å². The van der Waals surface area contributed by atoms with E-state index in [9.17, 15) is 13.6 Å². The lowest BCUT2D eigenvalue weighted by Gasteiger charge is -2.07. The van der Waals surface area contributed by atoms with E-state index in [4.69, 9.17) is 22.4 Å². The van der Waals surface area contributed by atoms with Gasteiger partial charge in [0.15, 0.2) is 5.69 Å². The molecule has 1 heterocycles. The number of halogens is 3. The standard InChI is InChI=1S/C7H5ClF2N2O2/c8-3-4(11)2(6(9)10)1-12-5(3)7(13)14/h1,6H,(H2,11,12)(H,13,14). The lowest BCUT2D eigenvalue weighted by atomic mass is 10.2. The third-order valence-electron chi connectivity index (χ3n) is 1.53. The summed E-state index contributed by atoms with van der Waals surface area (Å²) in [6.45, 7) is 0. The number of nitrogens with zero attached hydrogens (tertiary/aromatic N) is 1. The minimum absolute atomic E-state index is 0.450. The molecule has 1 rings (SSSR count). The van der Waals surface area contributed by atoms with Crippen LogP contribution in [0.4, 0.5) is 14.5 Å². The van der Waals surface area contributed by atoms with Gasteiger partial charge in [-0.25, -0.2) is 18.6 Å². The number of hydrogen-bond donors (Lipinski definition) is 2. The van der Waals surface area contributed by atoms with Crippen LogP contribution in [-0.4, -0.2) is 16.1 Å². The van der Waals surface area contributed by atoms with Gasteiger partial charge in [0, 0.05) is 6.20 Å². The molecule has 7 heteroatoms. The highest BCUT2D eigenvalue weighted by Gasteiger charge is 2.20. The molecule has 76 valence electrons. The van der Waals surface area contributed by atoms with Gasteiger partial charge in [-0.15, -0.1) is 0 Å². The SMILES string of the molecule is Nc1c(C(F)F)cnc(C(=O)O)c1Cl. The fourth-order valence-corrected chi connectivity index (χ4v) is 1.08. The molecule has 0 bridgehead atoms. The fraction of sp³-hybridized carbons (Fsp3) is 0.143. The summed E-state index contributed by atoms with van der Waals surface area (Å²) in [6.07, 6.45) is -2.13. The van der Waals surface area contributed by atoms with E-state index in [1.807, 2.05) is 0 Å². The number of pyridine rings is 1. The molecule has 3 N–H and O–H groups in total. The third kappa shape index (κ3) is 1.74. The molecule has 0 saturated heterocycles. The topological polar surface area (TPSA) is 76.2 Å². The number of nitrogens with two attached hydrogens (primary N) is 1. The van der Waals surface area contributed by atoms with Crippen LogP contribution in [0.15, 0.2) is 6.20 Å². The van der Waals surface area contributed by atoms with Crippen molar-refractivity contribution in [2.75, 3.05) is 5.73 Å². The lowest BCUT2D eigenvalue weighted by molar-refractivity contribution is 0.0690. The Morgan fingerprint density at radius 2 is 2.21 bits per heavy atom. The van der Waals surface area contributed by atoms with Crippen LogP contribution in [0.3, 0.4) is 0 Å². The maximum atomic E-state index is 12.2. The Morgan fingerprint density at radius 1 is 1.64 bits per heavy atom. The second kappa shape index (κ2) is 3.75. The van der Waals surface area contributed by atoms with Crippen molar-refractivity contribution in [2.45, 2.75) is 6.43 Å². The van der Waals surface area contributed by atoms with Gasteiger partial charge in [-0.2, -0.15) is 0 Å². The molecule has 0 aliphatic heterocycles. The van der Waals surface area contributed by atoms with Crippen LogP contribution in [0.2, 0.25) is 5.02 Å². The highest BCUT2D eigenvalue weighted by Crippen LogP contribution is 2.31. The summed E-state index contributed by atoms with van der Waals surface area (Å²) in [5.41, 5.74) is 3.65. The number of carbonyl (C=O) groups is 1. The molecule has 0 radical (unpaired) electrons. The molecule has 14 heavy (non-hydrogen) atoms. The minimum atomic E-state index is -2.83. The zero-order chi connectivity index (χ0) is 10.9. The summed E-state index contributed by atoms with van der Waals surface area (Å²) in [4.78, 5) is 13.7. The van der Waals surface area contributed by atoms with Gasteiger partial charge in [-0.05, 0) is 0 Å². The fourth-order valence-electron chi connectivity index (χ4n) is 0.838. The van der Waals surface area contributed by atoms with Crippen LogP contribution in [-0.2, 0) is 0 Å². The molecule has 0 aliphatic carbocycles. The van der Waals surface area contributed by atoms with Crippen molar-refractivity contribution in [3.63, 3.8) is 0 Å². The smallest absolute Gasteiger partial charge is 0.356 e. The van der Waals surface area contributed by atoms with Crippen molar-refractivity contribution < 1.29 is 18.7 Å². The third-order valence-corrected chi connectivity index (χ3v) is 1.91. The highest BCUT2D eigenvalue weighted by atomic mass is 35.5. The minimum Gasteiger partial charge on any atom is -0.476 e. The van der Waals surface area contributed by atoms with Gasteiger partial charge in [0.25, 0.3) is 6.43 Å². The Kier molecular flexibility index (Phi) is 2.85. The second-order valence-electron chi connectivity index (χ2n) is 2.40. The van der Waals surface area contributed by atoms with E-state index in [0.29, 0.717) is 6.20 Å². The maximum absolute atomic E-state index is 12.2. The first-order valence-electron chi connectivity index (χ1n) is 3.40. The number of aromatic carboxylic acids is 1. The average molecular weight is 223 g/mol. The Morgan fingerprint density at radius 3 is 2.64 bits per heavy atom. The van der Waals surface area contributed by atoms with E-state index >= 15 is 0 Å². The number of anilines is 1. The molecule has 4 nitrogen and oxygen atoms in total. The number of hydrogen-bond acceptors (Lipinski definition) is 3. The van der Waals surface area contributed by atoms with Crippen molar-refractivity contribution in [2.24, 2.45) is 0 Å². The van der Waals surface area contributed by atoms with E-state index in [-0.39, 0.29) is 0 Å². The lowest BCUT2D eigenvalue weighted by Crippen LogP contribution is -2.06. The molecule has 0 aliphatic rings. The van der Waals surface area contributed by atoms with Gasteiger partial charge >= 0.3 is 5.97 Å². The first kappa shape index (κ1) is 10.6. The summed E-state index contributed by atoms with van der Waals surface area (Å²) >= 11 is 5.44. The van der Waals surface area contributed by atoms with E-state index in [1.165, 1.54) is 0 Å². The Hall–Kier alpha value is -1.43. The molecular formula is C7H5ClF2N2O2. The number of carboxylic acid groups (broad SMARTS) is 1. The summed E-state index contributed by atoms with van der Waals surface area (Å²) in [6, 6.07) is 0. The zero-order valence-corrected chi connectivity index (χ0v) is 7.42. The molecule has 0 aromatic carbocycles. The van der Waals surface area contributed by atoms with Gasteiger partial charge in [-0.3, -0.25) is 0 Å². The van der Waals surface area contributed by atoms with Crippen LogP contribution < -0.4 is 5.73 Å². The molecule has 1 aromatic heterocycles. The maximum Gasteiger partial charge on any atom is 0.356 e. The predicted molar refractivity (Wildman–Crippen MR) is 45.6 cm³/mol. The van der Waals surface area contributed by atoms with Crippen LogP contribution in [0.1, 0.15) is 22.5 Å². The van der Waals surface area contributed by atoms with Crippen LogP contribution in [0.25, 0.3) is 0 Å². The van der Waals surface area contributed by atoms with Gasteiger partial charge in [0.2, 0.25) is 0 Å². The van der Waals surface area contributed by atoms with E-state index in [1.54, 1.807) is 0 Å². The molecule has 0 spiro atoms. The largest absolute Gasteiger partial charge is 0.476 e. The summed E-state index contributed by atoms with van der Waals surface area (Å²) < 4.78 is 24.4. The summed E-state index contributed by atoms with van der Waals surface area (Å²) in [5.74, 6) is -1.41. The molecular weight excluding hydrogens is 218 g/mol. The number of rotatable bonds is 2. The zero-order valence-electron chi connectivity index (χ0n) is 6.67. The predicted octanol–water partition coefficient (Wildman–Crippen LogP) is 1.95. The van der Waals surface area contributed by atoms with Crippen LogP contribution in [0, 0.1) is 0 Å². The van der Waals surface area contributed by atoms with Crippen LogP contribution >= 0.6 is 11.6 Å². The van der Waals surface area contributed by atoms with Crippen molar-refractivity contribution in [3.8, 4) is 0 Å². The van der Waals surface area contributed by atoms with Crippen molar-refractivity contribution in [1.29, 1.82) is 0 Å². The first-order valence-corrected chi connectivity index (χ1v) is 3.78. The Labute approximate surface area is 82.3 Å². The van der Waals surface area contributed by atoms with E-state index < -0.39 is 34.4 Å². The van der Waals surface area contributed by atoms with Crippen molar-refractivity contribution in [3.05, 3.63) is 22.5 Å². The van der Waals surface area contributed by atoms with E-state index in [0.717, 1.165) is 0 Å². The number of carboxylic acids is 1. The average Bonchev–Trinajstić information content (AvgIpc) is 2.08. The molecule has 1 aromatic rings. The highest BCUT2D eigenvalue weighted by molar-refractivity contribution is 6.35. The van der Waals surface area contributed by atoms with Crippen molar-refractivity contribution in [1.82, 2.24) is 4.98 Å².